The summed E-state index contributed by atoms with van der Waals surface area (Å²) in [5.41, 5.74) is 3.82. The van der Waals surface area contributed by atoms with E-state index in [1.165, 1.54) is 43.2 Å². The Morgan fingerprint density at radius 2 is 1.76 bits per heavy atom. The van der Waals surface area contributed by atoms with Crippen molar-refractivity contribution in [2.45, 2.75) is 51.0 Å². The van der Waals surface area contributed by atoms with Gasteiger partial charge in [0.2, 0.25) is 0 Å². The number of rotatable bonds is 4. The number of likely N-dealkylation sites (tertiary alicyclic amines) is 1. The Labute approximate surface area is 127 Å². The van der Waals surface area contributed by atoms with Crippen LogP contribution in [0.1, 0.15) is 54.9 Å². The first-order valence-electron chi connectivity index (χ1n) is 8.38. The minimum Gasteiger partial charge on any atom is -0.496 e. The summed E-state index contributed by atoms with van der Waals surface area (Å²) in [7, 11) is 1.74. The van der Waals surface area contributed by atoms with Crippen LogP contribution in [0.4, 0.5) is 0 Å². The predicted octanol–water partition coefficient (Wildman–Crippen LogP) is 3.09. The van der Waals surface area contributed by atoms with Crippen LogP contribution in [0, 0.1) is 0 Å². The molecular weight excluding hydrogens is 262 g/mol. The quantitative estimate of drug-likeness (QED) is 0.924. The van der Waals surface area contributed by atoms with E-state index in [-0.39, 0.29) is 6.10 Å². The predicted molar refractivity (Wildman–Crippen MR) is 84.9 cm³/mol. The number of hydrogen-bond donors (Lipinski definition) is 1. The fraction of sp³-hybridized carbons (Fsp3) is 0.667. The minimum absolute atomic E-state index is 0.360. The number of hydrogen-bond acceptors (Lipinski definition) is 3. The number of methoxy groups -OCH3 is 1. The first-order chi connectivity index (χ1) is 10.3. The lowest BCUT2D eigenvalue weighted by molar-refractivity contribution is 0.101. The van der Waals surface area contributed by atoms with E-state index in [9.17, 15) is 5.11 Å². The molecule has 1 aliphatic heterocycles. The van der Waals surface area contributed by atoms with Crippen LogP contribution in [0.15, 0.2) is 12.1 Å². The summed E-state index contributed by atoms with van der Waals surface area (Å²) >= 11 is 0. The molecule has 1 fully saturated rings. The van der Waals surface area contributed by atoms with Crippen LogP contribution < -0.4 is 4.74 Å². The summed E-state index contributed by atoms with van der Waals surface area (Å²) in [5.74, 6) is 0.999. The summed E-state index contributed by atoms with van der Waals surface area (Å²) in [5, 5.41) is 10.7. The van der Waals surface area contributed by atoms with E-state index in [1.807, 2.05) is 6.07 Å². The zero-order valence-electron chi connectivity index (χ0n) is 13.1. The fourth-order valence-corrected chi connectivity index (χ4v) is 3.85. The van der Waals surface area contributed by atoms with E-state index in [1.54, 1.807) is 7.11 Å². The van der Waals surface area contributed by atoms with Crippen molar-refractivity contribution in [3.05, 3.63) is 28.8 Å². The number of piperidine rings is 1. The van der Waals surface area contributed by atoms with Gasteiger partial charge in [0, 0.05) is 6.54 Å². The zero-order chi connectivity index (χ0) is 14.7. The van der Waals surface area contributed by atoms with Gasteiger partial charge in [-0.3, -0.25) is 0 Å². The van der Waals surface area contributed by atoms with Crippen molar-refractivity contribution in [3.63, 3.8) is 0 Å². The van der Waals surface area contributed by atoms with Crippen molar-refractivity contribution in [1.29, 1.82) is 0 Å². The third-order valence-corrected chi connectivity index (χ3v) is 4.99. The number of β-amino-alcohol motifs (C(OH)–C–C–N with tert-alkyl or cyclic N) is 1. The molecule has 116 valence electrons. The number of aliphatic hydroxyl groups is 1. The molecule has 2 aliphatic rings. The average Bonchev–Trinajstić information content (AvgIpc) is 2.54. The fourth-order valence-electron chi connectivity index (χ4n) is 3.85. The van der Waals surface area contributed by atoms with Crippen LogP contribution >= 0.6 is 0 Å². The molecule has 1 heterocycles. The zero-order valence-corrected chi connectivity index (χ0v) is 13.1. The molecule has 1 atom stereocenters. The Balaban J connectivity index is 1.80. The normalized spacial score (nSPS) is 20.9. The third kappa shape index (κ3) is 3.24. The summed E-state index contributed by atoms with van der Waals surface area (Å²) in [6, 6.07) is 4.12. The SMILES string of the molecule is COc1ccc([C@H](O)CN2CCCCC2)c2c1CCCC2. The van der Waals surface area contributed by atoms with Crippen LogP contribution in [-0.4, -0.2) is 36.8 Å². The van der Waals surface area contributed by atoms with Gasteiger partial charge in [0.05, 0.1) is 13.2 Å². The lowest BCUT2D eigenvalue weighted by Gasteiger charge is -2.30. The molecule has 1 N–H and O–H groups in total. The van der Waals surface area contributed by atoms with E-state index >= 15 is 0 Å². The molecule has 0 amide bonds. The highest BCUT2D eigenvalue weighted by Crippen LogP contribution is 2.35. The smallest absolute Gasteiger partial charge is 0.122 e. The monoisotopic (exact) mass is 289 g/mol. The van der Waals surface area contributed by atoms with E-state index in [0.717, 1.165) is 43.8 Å². The van der Waals surface area contributed by atoms with Crippen molar-refractivity contribution < 1.29 is 9.84 Å². The van der Waals surface area contributed by atoms with Crippen LogP contribution in [0.3, 0.4) is 0 Å². The van der Waals surface area contributed by atoms with Gasteiger partial charge >= 0.3 is 0 Å². The molecule has 0 unspecified atom stereocenters. The van der Waals surface area contributed by atoms with Crippen molar-refractivity contribution in [2.75, 3.05) is 26.7 Å². The molecule has 1 aliphatic carbocycles. The summed E-state index contributed by atoms with van der Waals surface area (Å²) in [4.78, 5) is 2.41. The van der Waals surface area contributed by atoms with Gasteiger partial charge in [-0.05, 0) is 74.4 Å². The first kappa shape index (κ1) is 14.9. The van der Waals surface area contributed by atoms with Crippen molar-refractivity contribution >= 4 is 0 Å². The standard InChI is InChI=1S/C18H27NO2/c1-21-18-10-9-15(14-7-3-4-8-16(14)18)17(20)13-19-11-5-2-6-12-19/h9-10,17,20H,2-8,11-13H2,1H3/t17-/m1/s1. The largest absolute Gasteiger partial charge is 0.496 e. The van der Waals surface area contributed by atoms with Crippen molar-refractivity contribution in [2.24, 2.45) is 0 Å². The van der Waals surface area contributed by atoms with Gasteiger partial charge in [-0.25, -0.2) is 0 Å². The lowest BCUT2D eigenvalue weighted by atomic mass is 9.85. The number of ether oxygens (including phenoxy) is 1. The second kappa shape index (κ2) is 6.80. The molecule has 0 bridgehead atoms. The van der Waals surface area contributed by atoms with E-state index in [4.69, 9.17) is 4.74 Å². The number of aliphatic hydroxyl groups excluding tert-OH is 1. The van der Waals surface area contributed by atoms with E-state index < -0.39 is 0 Å². The molecule has 0 radical (unpaired) electrons. The maximum absolute atomic E-state index is 10.7. The maximum atomic E-state index is 10.7. The Morgan fingerprint density at radius 1 is 1.05 bits per heavy atom. The van der Waals surface area contributed by atoms with Crippen molar-refractivity contribution in [1.82, 2.24) is 4.90 Å². The summed E-state index contributed by atoms with van der Waals surface area (Å²) < 4.78 is 5.51. The second-order valence-electron chi connectivity index (χ2n) is 6.40. The Kier molecular flexibility index (Phi) is 4.81. The Morgan fingerprint density at radius 3 is 2.48 bits per heavy atom. The highest BCUT2D eigenvalue weighted by molar-refractivity contribution is 5.47. The minimum atomic E-state index is -0.360. The number of benzene rings is 1. The van der Waals surface area contributed by atoms with Crippen LogP contribution in [0.5, 0.6) is 5.75 Å². The topological polar surface area (TPSA) is 32.7 Å². The van der Waals surface area contributed by atoms with E-state index in [0.29, 0.717) is 0 Å². The molecular formula is C18H27NO2. The van der Waals surface area contributed by atoms with E-state index in [2.05, 4.69) is 11.0 Å². The molecule has 21 heavy (non-hydrogen) atoms. The molecule has 1 aromatic carbocycles. The molecule has 3 heteroatoms. The van der Waals surface area contributed by atoms with Gasteiger partial charge in [-0.15, -0.1) is 0 Å². The highest BCUT2D eigenvalue weighted by atomic mass is 16.5. The number of fused-ring (bicyclic) bond motifs is 1. The Hall–Kier alpha value is -1.06. The summed E-state index contributed by atoms with van der Waals surface area (Å²) in [6.45, 7) is 3.05. The van der Waals surface area contributed by atoms with Gasteiger partial charge in [-0.1, -0.05) is 12.5 Å². The molecule has 3 nitrogen and oxygen atoms in total. The van der Waals surface area contributed by atoms with Crippen LogP contribution in [-0.2, 0) is 12.8 Å². The van der Waals surface area contributed by atoms with Gasteiger partial charge in [0.15, 0.2) is 0 Å². The molecule has 0 spiro atoms. The van der Waals surface area contributed by atoms with Crippen LogP contribution in [0.25, 0.3) is 0 Å². The summed E-state index contributed by atoms with van der Waals surface area (Å²) in [6.07, 6.45) is 8.15. The van der Waals surface area contributed by atoms with Gasteiger partial charge in [0.1, 0.15) is 5.75 Å². The molecule has 3 rings (SSSR count). The molecule has 0 saturated carbocycles. The Bertz CT molecular complexity index is 480. The van der Waals surface area contributed by atoms with Gasteiger partial charge < -0.3 is 14.7 Å². The second-order valence-corrected chi connectivity index (χ2v) is 6.40. The molecule has 1 saturated heterocycles. The first-order valence-corrected chi connectivity index (χ1v) is 8.38. The average molecular weight is 289 g/mol. The van der Waals surface area contributed by atoms with Gasteiger partial charge in [0.25, 0.3) is 0 Å². The third-order valence-electron chi connectivity index (χ3n) is 4.99. The maximum Gasteiger partial charge on any atom is 0.122 e. The molecule has 1 aromatic rings. The highest BCUT2D eigenvalue weighted by Gasteiger charge is 2.23. The molecule has 0 aromatic heterocycles. The van der Waals surface area contributed by atoms with Gasteiger partial charge in [-0.2, -0.15) is 0 Å². The lowest BCUT2D eigenvalue weighted by Crippen LogP contribution is -2.33. The van der Waals surface area contributed by atoms with Crippen LogP contribution in [0.2, 0.25) is 0 Å². The number of nitrogens with zero attached hydrogens (tertiary/aromatic N) is 1. The van der Waals surface area contributed by atoms with Crippen molar-refractivity contribution in [3.8, 4) is 5.75 Å².